The van der Waals surface area contributed by atoms with Gasteiger partial charge in [-0.15, -0.1) is 0 Å². The Morgan fingerprint density at radius 3 is 2.56 bits per heavy atom. The second-order valence-electron chi connectivity index (χ2n) is 4.09. The Balaban J connectivity index is 2.77. The lowest BCUT2D eigenvalue weighted by Crippen LogP contribution is -2.16. The average Bonchev–Trinajstić information content (AvgIpc) is 2.29. The van der Waals surface area contributed by atoms with Gasteiger partial charge in [0.1, 0.15) is 5.75 Å². The molecule has 16 heavy (non-hydrogen) atoms. The first-order chi connectivity index (χ1) is 7.69. The third-order valence-corrected chi connectivity index (χ3v) is 2.49. The second kappa shape index (κ2) is 6.51. The number of nitrogens with one attached hydrogen (secondary N) is 1. The molecule has 0 unspecified atom stereocenters. The van der Waals surface area contributed by atoms with E-state index in [4.69, 9.17) is 9.47 Å². The fourth-order valence-electron chi connectivity index (χ4n) is 1.64. The van der Waals surface area contributed by atoms with Crippen LogP contribution in [-0.2, 0) is 11.3 Å². The summed E-state index contributed by atoms with van der Waals surface area (Å²) in [6, 6.07) is 6.29. The minimum Gasteiger partial charge on any atom is -0.496 e. The van der Waals surface area contributed by atoms with Crippen LogP contribution in [-0.4, -0.2) is 21.0 Å². The first-order valence-corrected chi connectivity index (χ1v) is 5.55. The third-order valence-electron chi connectivity index (χ3n) is 2.49. The molecule has 0 aliphatic carbocycles. The van der Waals surface area contributed by atoms with E-state index in [0.29, 0.717) is 12.6 Å². The molecule has 0 amide bonds. The summed E-state index contributed by atoms with van der Waals surface area (Å²) in [7, 11) is 3.39. The number of benzene rings is 1. The van der Waals surface area contributed by atoms with Gasteiger partial charge >= 0.3 is 0 Å². The predicted octanol–water partition coefficient (Wildman–Crippen LogP) is 2.51. The molecule has 1 aromatic rings. The molecule has 3 nitrogen and oxygen atoms in total. The summed E-state index contributed by atoms with van der Waals surface area (Å²) in [5.74, 6) is 1.43. The SMILES string of the molecule is COCNCc1ccc(OC)c(C(C)C)c1. The Morgan fingerprint density at radius 2 is 2.00 bits per heavy atom. The van der Waals surface area contributed by atoms with Crippen LogP contribution in [0, 0.1) is 0 Å². The fraction of sp³-hybridized carbons (Fsp3) is 0.538. The Bertz CT molecular complexity index is 324. The van der Waals surface area contributed by atoms with Crippen molar-refractivity contribution < 1.29 is 9.47 Å². The van der Waals surface area contributed by atoms with Crippen LogP contribution in [0.4, 0.5) is 0 Å². The van der Waals surface area contributed by atoms with Crippen LogP contribution in [0.1, 0.15) is 30.9 Å². The highest BCUT2D eigenvalue weighted by Crippen LogP contribution is 2.27. The van der Waals surface area contributed by atoms with Crippen LogP contribution in [0.25, 0.3) is 0 Å². The molecule has 0 radical (unpaired) electrons. The summed E-state index contributed by atoms with van der Waals surface area (Å²) in [6.07, 6.45) is 0. The Hall–Kier alpha value is -1.06. The Morgan fingerprint density at radius 1 is 1.25 bits per heavy atom. The van der Waals surface area contributed by atoms with Crippen LogP contribution >= 0.6 is 0 Å². The highest BCUT2D eigenvalue weighted by molar-refractivity contribution is 5.39. The standard InChI is InChI=1S/C13H21NO2/c1-10(2)12-7-11(8-14-9-15-3)5-6-13(12)16-4/h5-7,10,14H,8-9H2,1-4H3. The van der Waals surface area contributed by atoms with Crippen molar-refractivity contribution in [3.05, 3.63) is 29.3 Å². The molecule has 0 saturated heterocycles. The van der Waals surface area contributed by atoms with Crippen molar-refractivity contribution in [3.63, 3.8) is 0 Å². The maximum absolute atomic E-state index is 5.34. The van der Waals surface area contributed by atoms with Gasteiger partial charge in [-0.3, -0.25) is 5.32 Å². The lowest BCUT2D eigenvalue weighted by Gasteiger charge is -2.13. The van der Waals surface area contributed by atoms with Gasteiger partial charge in [0.2, 0.25) is 0 Å². The third kappa shape index (κ3) is 3.51. The van der Waals surface area contributed by atoms with Crippen molar-refractivity contribution in [3.8, 4) is 5.75 Å². The summed E-state index contributed by atoms with van der Waals surface area (Å²) in [5.41, 5.74) is 2.50. The molecule has 0 bridgehead atoms. The largest absolute Gasteiger partial charge is 0.496 e. The van der Waals surface area contributed by atoms with Crippen molar-refractivity contribution in [1.82, 2.24) is 5.32 Å². The second-order valence-corrected chi connectivity index (χ2v) is 4.09. The first kappa shape index (κ1) is 13.0. The van der Waals surface area contributed by atoms with Gasteiger partial charge in [0.05, 0.1) is 13.8 Å². The van der Waals surface area contributed by atoms with Crippen LogP contribution in [0.5, 0.6) is 5.75 Å². The summed E-state index contributed by atoms with van der Waals surface area (Å²) >= 11 is 0. The lowest BCUT2D eigenvalue weighted by molar-refractivity contribution is 0.174. The Kier molecular flexibility index (Phi) is 5.29. The van der Waals surface area contributed by atoms with E-state index in [-0.39, 0.29) is 0 Å². The molecule has 0 aromatic heterocycles. The van der Waals surface area contributed by atoms with Gasteiger partial charge in [-0.1, -0.05) is 26.0 Å². The van der Waals surface area contributed by atoms with Gasteiger partial charge in [0, 0.05) is 13.7 Å². The topological polar surface area (TPSA) is 30.5 Å². The molecule has 0 heterocycles. The quantitative estimate of drug-likeness (QED) is 0.594. The van der Waals surface area contributed by atoms with Gasteiger partial charge in [-0.05, 0) is 23.1 Å². The van der Waals surface area contributed by atoms with Crippen LogP contribution < -0.4 is 10.1 Å². The van der Waals surface area contributed by atoms with Crippen molar-refractivity contribution >= 4 is 0 Å². The van der Waals surface area contributed by atoms with Crippen molar-refractivity contribution in [1.29, 1.82) is 0 Å². The Labute approximate surface area is 97.8 Å². The first-order valence-electron chi connectivity index (χ1n) is 5.55. The molecule has 0 fully saturated rings. The number of rotatable bonds is 6. The zero-order valence-electron chi connectivity index (χ0n) is 10.5. The molecule has 1 N–H and O–H groups in total. The molecule has 0 aliphatic heterocycles. The normalized spacial score (nSPS) is 10.8. The van der Waals surface area contributed by atoms with E-state index in [1.165, 1.54) is 11.1 Å². The number of hydrogen-bond acceptors (Lipinski definition) is 3. The van der Waals surface area contributed by atoms with Gasteiger partial charge in [-0.25, -0.2) is 0 Å². The molecule has 0 saturated carbocycles. The van der Waals surface area contributed by atoms with Crippen LogP contribution in [0.2, 0.25) is 0 Å². The highest BCUT2D eigenvalue weighted by atomic mass is 16.5. The minimum atomic E-state index is 0.470. The molecule has 0 aliphatic rings. The molecule has 1 rings (SSSR count). The van der Waals surface area contributed by atoms with E-state index in [0.717, 1.165) is 12.3 Å². The smallest absolute Gasteiger partial charge is 0.122 e. The van der Waals surface area contributed by atoms with Gasteiger partial charge in [0.25, 0.3) is 0 Å². The van der Waals surface area contributed by atoms with E-state index in [9.17, 15) is 0 Å². The summed E-state index contributed by atoms with van der Waals surface area (Å²) in [5, 5.41) is 3.19. The maximum Gasteiger partial charge on any atom is 0.122 e. The summed E-state index contributed by atoms with van der Waals surface area (Å²) < 4.78 is 10.3. The van der Waals surface area contributed by atoms with Crippen molar-refractivity contribution in [2.24, 2.45) is 0 Å². The monoisotopic (exact) mass is 223 g/mol. The maximum atomic E-state index is 5.34. The zero-order valence-corrected chi connectivity index (χ0v) is 10.5. The van der Waals surface area contributed by atoms with Gasteiger partial charge in [0.15, 0.2) is 0 Å². The summed E-state index contributed by atoms with van der Waals surface area (Å²) in [4.78, 5) is 0. The number of hydrogen-bond donors (Lipinski definition) is 1. The fourth-order valence-corrected chi connectivity index (χ4v) is 1.64. The van der Waals surface area contributed by atoms with Crippen molar-refractivity contribution in [2.75, 3.05) is 21.0 Å². The van der Waals surface area contributed by atoms with E-state index < -0.39 is 0 Å². The molecule has 0 spiro atoms. The molecular formula is C13H21NO2. The minimum absolute atomic E-state index is 0.470. The predicted molar refractivity (Wildman–Crippen MR) is 65.8 cm³/mol. The van der Waals surface area contributed by atoms with Crippen molar-refractivity contribution in [2.45, 2.75) is 26.3 Å². The number of methoxy groups -OCH3 is 2. The zero-order chi connectivity index (χ0) is 12.0. The highest BCUT2D eigenvalue weighted by Gasteiger charge is 2.07. The van der Waals surface area contributed by atoms with Crippen LogP contribution in [0.3, 0.4) is 0 Å². The van der Waals surface area contributed by atoms with E-state index >= 15 is 0 Å². The average molecular weight is 223 g/mol. The van der Waals surface area contributed by atoms with Gasteiger partial charge < -0.3 is 9.47 Å². The van der Waals surface area contributed by atoms with E-state index in [1.807, 2.05) is 6.07 Å². The molecular weight excluding hydrogens is 202 g/mol. The van der Waals surface area contributed by atoms with Gasteiger partial charge in [-0.2, -0.15) is 0 Å². The van der Waals surface area contributed by atoms with Crippen LogP contribution in [0.15, 0.2) is 18.2 Å². The summed E-state index contributed by atoms with van der Waals surface area (Å²) in [6.45, 7) is 5.73. The lowest BCUT2D eigenvalue weighted by atomic mass is 9.99. The molecule has 0 atom stereocenters. The number of ether oxygens (including phenoxy) is 2. The molecule has 3 heteroatoms. The molecule has 1 aromatic carbocycles. The molecule has 90 valence electrons. The van der Waals surface area contributed by atoms with E-state index in [1.54, 1.807) is 14.2 Å². The van der Waals surface area contributed by atoms with E-state index in [2.05, 4.69) is 31.3 Å².